The molecule has 21 heavy (non-hydrogen) atoms. The number of halogens is 1. The fourth-order valence-corrected chi connectivity index (χ4v) is 5.88. The summed E-state index contributed by atoms with van der Waals surface area (Å²) >= 11 is 0. The van der Waals surface area contributed by atoms with Crippen LogP contribution in [0.2, 0.25) is 0 Å². The number of sulfonamides is 1. The number of hydrogen-bond donors (Lipinski definition) is 0. The minimum Gasteiger partial charge on any atom is -0.223 e. The molecule has 0 radical (unpaired) electrons. The highest BCUT2D eigenvalue weighted by molar-refractivity contribution is 7.92. The fourth-order valence-electron chi connectivity index (χ4n) is 2.17. The lowest BCUT2D eigenvalue weighted by molar-refractivity contribution is 0.308. The van der Waals surface area contributed by atoms with Crippen molar-refractivity contribution in [1.82, 2.24) is 4.31 Å². The van der Waals surface area contributed by atoms with Gasteiger partial charge in [-0.25, -0.2) is 21.2 Å². The Hall–Kier alpha value is -0.990. The molecule has 0 unspecified atom stereocenters. The van der Waals surface area contributed by atoms with E-state index >= 15 is 0 Å². The average Bonchev–Trinajstić information content (AvgIpc) is 2.24. The van der Waals surface area contributed by atoms with Crippen LogP contribution in [-0.4, -0.2) is 45.2 Å². The van der Waals surface area contributed by atoms with Gasteiger partial charge in [0, 0.05) is 13.1 Å². The zero-order valence-corrected chi connectivity index (χ0v) is 13.5. The molecule has 0 spiro atoms. The number of benzene rings is 1. The lowest BCUT2D eigenvalue weighted by atomic mass is 10.3. The molecule has 2 rings (SSSR count). The van der Waals surface area contributed by atoms with Crippen LogP contribution >= 0.6 is 0 Å². The molecule has 0 N–H and O–H groups in total. The quantitative estimate of drug-likeness (QED) is 0.760. The van der Waals surface area contributed by atoms with E-state index in [-0.39, 0.29) is 29.7 Å². The summed E-state index contributed by atoms with van der Waals surface area (Å²) in [7, 11) is -7.01. The molecule has 0 saturated carbocycles. The maximum atomic E-state index is 12.8. The van der Waals surface area contributed by atoms with Gasteiger partial charge in [-0.3, -0.25) is 0 Å². The van der Waals surface area contributed by atoms with Crippen molar-refractivity contribution in [2.24, 2.45) is 5.92 Å². The van der Waals surface area contributed by atoms with Crippen LogP contribution in [0, 0.1) is 11.7 Å². The topological polar surface area (TPSA) is 71.5 Å². The van der Waals surface area contributed by atoms with E-state index in [1.807, 2.05) is 0 Å². The normalized spacial score (nSPS) is 17.9. The van der Waals surface area contributed by atoms with Gasteiger partial charge >= 0.3 is 0 Å². The van der Waals surface area contributed by atoms with E-state index in [2.05, 4.69) is 0 Å². The maximum absolute atomic E-state index is 12.8. The van der Waals surface area contributed by atoms with Crippen molar-refractivity contribution in [3.63, 3.8) is 0 Å². The molecule has 0 atom stereocenters. The van der Waals surface area contributed by atoms with E-state index in [0.717, 1.165) is 12.1 Å². The first-order valence-electron chi connectivity index (χ1n) is 6.60. The third kappa shape index (κ3) is 3.44. The number of sulfone groups is 1. The van der Waals surface area contributed by atoms with Crippen molar-refractivity contribution < 1.29 is 21.2 Å². The van der Waals surface area contributed by atoms with Crippen molar-refractivity contribution in [3.8, 4) is 0 Å². The Labute approximate surface area is 124 Å². The van der Waals surface area contributed by atoms with Crippen LogP contribution in [-0.2, 0) is 19.9 Å². The summed E-state index contributed by atoms with van der Waals surface area (Å²) < 4.78 is 62.5. The average molecular weight is 335 g/mol. The van der Waals surface area contributed by atoms with Gasteiger partial charge in [0.2, 0.25) is 10.0 Å². The maximum Gasteiger partial charge on any atom is 0.214 e. The molecule has 1 aliphatic heterocycles. The van der Waals surface area contributed by atoms with Crippen LogP contribution in [0.15, 0.2) is 29.2 Å². The molecule has 1 aromatic rings. The fraction of sp³-hybridized carbons (Fsp3) is 0.538. The van der Waals surface area contributed by atoms with Gasteiger partial charge in [-0.2, -0.15) is 4.31 Å². The smallest absolute Gasteiger partial charge is 0.214 e. The first-order valence-corrected chi connectivity index (χ1v) is 9.76. The Balaban J connectivity index is 2.09. The van der Waals surface area contributed by atoms with Crippen LogP contribution in [0.3, 0.4) is 0 Å². The predicted molar refractivity (Wildman–Crippen MR) is 77.6 cm³/mol. The second-order valence-corrected chi connectivity index (χ2v) is 9.85. The van der Waals surface area contributed by atoms with E-state index < -0.39 is 30.9 Å². The van der Waals surface area contributed by atoms with Crippen LogP contribution in [0.5, 0.6) is 0 Å². The van der Waals surface area contributed by atoms with Crippen LogP contribution in [0.1, 0.15) is 13.8 Å². The lowest BCUT2D eigenvalue weighted by Gasteiger charge is -2.37. The molecule has 1 aliphatic rings. The van der Waals surface area contributed by atoms with Gasteiger partial charge in [-0.1, -0.05) is 13.8 Å². The SMILES string of the molecule is CC(C)CS(=O)(=O)N1CC(S(=O)(=O)c2ccc(F)cc2)C1. The monoisotopic (exact) mass is 335 g/mol. The summed E-state index contributed by atoms with van der Waals surface area (Å²) in [5.41, 5.74) is 0. The van der Waals surface area contributed by atoms with Crippen molar-refractivity contribution in [2.45, 2.75) is 24.0 Å². The summed E-state index contributed by atoms with van der Waals surface area (Å²) in [6, 6.07) is 4.57. The summed E-state index contributed by atoms with van der Waals surface area (Å²) in [4.78, 5) is 0.0230. The Morgan fingerprint density at radius 1 is 1.14 bits per heavy atom. The molecule has 0 bridgehead atoms. The Bertz CT molecular complexity index is 705. The second-order valence-electron chi connectivity index (χ2n) is 5.61. The lowest BCUT2D eigenvalue weighted by Crippen LogP contribution is -2.57. The molecule has 8 heteroatoms. The third-order valence-corrected chi connectivity index (χ3v) is 7.61. The molecule has 1 fully saturated rings. The van der Waals surface area contributed by atoms with E-state index in [1.165, 1.54) is 16.4 Å². The Kier molecular flexibility index (Phi) is 4.41. The van der Waals surface area contributed by atoms with Crippen molar-refractivity contribution in [2.75, 3.05) is 18.8 Å². The van der Waals surface area contributed by atoms with Gasteiger partial charge in [0.1, 0.15) is 5.82 Å². The Morgan fingerprint density at radius 3 is 2.14 bits per heavy atom. The minimum absolute atomic E-state index is 0.0102. The molecule has 118 valence electrons. The molecular formula is C13H18FNO4S2. The van der Waals surface area contributed by atoms with E-state index in [1.54, 1.807) is 13.8 Å². The van der Waals surface area contributed by atoms with Crippen molar-refractivity contribution in [3.05, 3.63) is 30.1 Å². The van der Waals surface area contributed by atoms with Crippen LogP contribution in [0.4, 0.5) is 4.39 Å². The summed E-state index contributed by atoms with van der Waals surface area (Å²) in [6.07, 6.45) is 0. The highest BCUT2D eigenvalue weighted by atomic mass is 32.2. The summed E-state index contributed by atoms with van der Waals surface area (Å²) in [5, 5.41) is -0.759. The van der Waals surface area contributed by atoms with Gasteiger partial charge in [-0.05, 0) is 30.2 Å². The van der Waals surface area contributed by atoms with Crippen LogP contribution in [0.25, 0.3) is 0 Å². The number of nitrogens with zero attached hydrogens (tertiary/aromatic N) is 1. The first kappa shape index (κ1) is 16.4. The predicted octanol–water partition coefficient (Wildman–Crippen LogP) is 1.27. The zero-order chi connectivity index (χ0) is 15.8. The van der Waals surface area contributed by atoms with Gasteiger partial charge in [0.25, 0.3) is 0 Å². The first-order chi connectivity index (χ1) is 9.63. The molecule has 0 aromatic heterocycles. The molecule has 0 aliphatic carbocycles. The molecule has 1 saturated heterocycles. The highest BCUT2D eigenvalue weighted by Gasteiger charge is 2.43. The van der Waals surface area contributed by atoms with Gasteiger partial charge < -0.3 is 0 Å². The number of rotatable bonds is 5. The number of hydrogen-bond acceptors (Lipinski definition) is 4. The van der Waals surface area contributed by atoms with Crippen molar-refractivity contribution >= 4 is 19.9 Å². The van der Waals surface area contributed by atoms with E-state index in [9.17, 15) is 21.2 Å². The molecule has 1 heterocycles. The zero-order valence-electron chi connectivity index (χ0n) is 11.9. The third-order valence-electron chi connectivity index (χ3n) is 3.33. The van der Waals surface area contributed by atoms with E-state index in [4.69, 9.17) is 0 Å². The summed E-state index contributed by atoms with van der Waals surface area (Å²) in [6.45, 7) is 3.53. The van der Waals surface area contributed by atoms with Gasteiger partial charge in [0.15, 0.2) is 9.84 Å². The van der Waals surface area contributed by atoms with Gasteiger partial charge in [0.05, 0.1) is 15.9 Å². The second kappa shape index (κ2) is 5.66. The van der Waals surface area contributed by atoms with E-state index in [0.29, 0.717) is 0 Å². The summed E-state index contributed by atoms with van der Waals surface area (Å²) in [5.74, 6) is -0.512. The molecular weight excluding hydrogens is 317 g/mol. The van der Waals surface area contributed by atoms with Crippen LogP contribution < -0.4 is 0 Å². The van der Waals surface area contributed by atoms with Crippen molar-refractivity contribution in [1.29, 1.82) is 0 Å². The minimum atomic E-state index is -3.61. The largest absolute Gasteiger partial charge is 0.223 e. The molecule has 1 aromatic carbocycles. The Morgan fingerprint density at radius 2 is 1.67 bits per heavy atom. The molecule has 0 amide bonds. The standard InChI is InChI=1S/C13H18FNO4S2/c1-10(2)9-20(16,17)15-7-13(8-15)21(18,19)12-5-3-11(14)4-6-12/h3-6,10,13H,7-9H2,1-2H3. The highest BCUT2D eigenvalue weighted by Crippen LogP contribution is 2.26. The molecule has 5 nitrogen and oxygen atoms in total. The van der Waals surface area contributed by atoms with Gasteiger partial charge in [-0.15, -0.1) is 0 Å².